The van der Waals surface area contributed by atoms with Crippen molar-refractivity contribution in [2.75, 3.05) is 13.7 Å². The Bertz CT molecular complexity index is 977. The highest BCUT2D eigenvalue weighted by molar-refractivity contribution is 8.02. The van der Waals surface area contributed by atoms with Crippen LogP contribution in [0.3, 0.4) is 0 Å². The minimum atomic E-state index is -1.57. The molecule has 5 rings (SSSR count). The molecule has 0 aromatic carbocycles. The van der Waals surface area contributed by atoms with Gasteiger partial charge in [0.05, 0.1) is 7.11 Å². The van der Waals surface area contributed by atoms with E-state index in [0.717, 1.165) is 19.3 Å². The van der Waals surface area contributed by atoms with Crippen molar-refractivity contribution < 1.29 is 52.4 Å². The minimum absolute atomic E-state index is 0.0511. The Kier molecular flexibility index (Phi) is 9.38. The first-order chi connectivity index (χ1) is 18.8. The number of hydrogen-bond acceptors (Lipinski definition) is 12. The summed E-state index contributed by atoms with van der Waals surface area (Å²) in [6.45, 7) is 4.44. The number of esters is 5. The average molecular weight is 585 g/mol. The maximum Gasteiger partial charge on any atom is 0.349 e. The monoisotopic (exact) mass is 584 g/mol. The van der Waals surface area contributed by atoms with E-state index in [1.54, 1.807) is 0 Å². The van der Waals surface area contributed by atoms with E-state index in [1.807, 2.05) is 0 Å². The molecule has 4 bridgehead atoms. The van der Waals surface area contributed by atoms with Crippen LogP contribution in [0.2, 0.25) is 0 Å². The van der Waals surface area contributed by atoms with E-state index in [-0.39, 0.29) is 17.6 Å². The number of ether oxygens (including phenoxy) is 6. The number of rotatable bonds is 10. The van der Waals surface area contributed by atoms with Gasteiger partial charge in [0.25, 0.3) is 0 Å². The van der Waals surface area contributed by atoms with E-state index in [0.29, 0.717) is 17.8 Å². The number of carbonyl (C=O) groups excluding carboxylic acids is 5. The minimum Gasteiger partial charge on any atom is -0.466 e. The molecule has 12 heteroatoms. The molecule has 1 heterocycles. The van der Waals surface area contributed by atoms with Gasteiger partial charge in [0, 0.05) is 45.3 Å². The summed E-state index contributed by atoms with van der Waals surface area (Å²) in [4.78, 5) is 59.9. The van der Waals surface area contributed by atoms with Crippen LogP contribution in [0.15, 0.2) is 0 Å². The maximum atomic E-state index is 13.6. The van der Waals surface area contributed by atoms with Crippen molar-refractivity contribution in [3.8, 4) is 0 Å². The van der Waals surface area contributed by atoms with E-state index < -0.39 is 65.8 Å². The fraction of sp³-hybridized carbons (Fsp3) is 0.821. The fourth-order valence-corrected chi connectivity index (χ4v) is 9.86. The highest BCUT2D eigenvalue weighted by Gasteiger charge is 2.60. The molecule has 0 aromatic heterocycles. The van der Waals surface area contributed by atoms with E-state index in [4.69, 9.17) is 28.4 Å². The van der Waals surface area contributed by atoms with Gasteiger partial charge in [0.15, 0.2) is 12.2 Å². The lowest BCUT2D eigenvalue weighted by Crippen LogP contribution is -2.60. The predicted molar refractivity (Wildman–Crippen MR) is 141 cm³/mol. The van der Waals surface area contributed by atoms with Crippen molar-refractivity contribution >= 4 is 41.6 Å². The molecule has 5 fully saturated rings. The first-order valence-electron chi connectivity index (χ1n) is 13.9. The van der Waals surface area contributed by atoms with Gasteiger partial charge in [-0.3, -0.25) is 19.2 Å². The van der Waals surface area contributed by atoms with Gasteiger partial charge in [-0.25, -0.2) is 4.79 Å². The lowest BCUT2D eigenvalue weighted by atomic mass is 9.56. The average Bonchev–Trinajstić information content (AvgIpc) is 2.82. The van der Waals surface area contributed by atoms with Gasteiger partial charge < -0.3 is 28.4 Å². The number of thioether (sulfide) groups is 1. The molecular weight excluding hydrogens is 544 g/mol. The molecule has 0 unspecified atom stereocenters. The summed E-state index contributed by atoms with van der Waals surface area (Å²) in [6.07, 6.45) is 2.29. The molecule has 0 aromatic rings. The van der Waals surface area contributed by atoms with Gasteiger partial charge in [0.2, 0.25) is 4.93 Å². The van der Waals surface area contributed by atoms with Crippen molar-refractivity contribution in [3.05, 3.63) is 0 Å². The Balaban J connectivity index is 1.71. The molecule has 5 atom stereocenters. The van der Waals surface area contributed by atoms with Crippen molar-refractivity contribution in [1.29, 1.82) is 0 Å². The molecule has 4 saturated carbocycles. The van der Waals surface area contributed by atoms with Gasteiger partial charge in [-0.2, -0.15) is 0 Å². The summed E-state index contributed by atoms with van der Waals surface area (Å²) in [5.41, 5.74) is 0. The Labute approximate surface area is 238 Å². The molecule has 0 radical (unpaired) electrons. The third kappa shape index (κ3) is 7.10. The SMILES string of the molecule is COC(=O)[C@]1(SC23CC4CC(CC(C4)C2)C3)C[C@H](OC(C)=O)C[C@H]([C@H](OC(C)=O)[C@@H](COC(C)=O)OC(C)=O)O1. The summed E-state index contributed by atoms with van der Waals surface area (Å²) >= 11 is 1.45. The molecule has 4 aliphatic carbocycles. The van der Waals surface area contributed by atoms with Gasteiger partial charge in [-0.05, 0) is 56.3 Å². The second-order valence-corrected chi connectivity index (χ2v) is 13.5. The zero-order valence-corrected chi connectivity index (χ0v) is 24.6. The van der Waals surface area contributed by atoms with Crippen LogP contribution in [-0.4, -0.2) is 77.7 Å². The largest absolute Gasteiger partial charge is 0.466 e. The Morgan fingerprint density at radius 3 is 1.85 bits per heavy atom. The molecule has 5 aliphatic rings. The predicted octanol–water partition coefficient (Wildman–Crippen LogP) is 3.09. The van der Waals surface area contributed by atoms with Crippen LogP contribution >= 0.6 is 11.8 Å². The number of carbonyl (C=O) groups is 5. The molecule has 40 heavy (non-hydrogen) atoms. The summed E-state index contributed by atoms with van der Waals surface area (Å²) in [6, 6.07) is 0. The van der Waals surface area contributed by atoms with Crippen LogP contribution in [-0.2, 0) is 52.4 Å². The Hall–Kier alpha value is -2.34. The van der Waals surface area contributed by atoms with Crippen molar-refractivity contribution in [2.24, 2.45) is 17.8 Å². The number of hydrogen-bond donors (Lipinski definition) is 0. The third-order valence-electron chi connectivity index (χ3n) is 8.33. The van der Waals surface area contributed by atoms with Gasteiger partial charge >= 0.3 is 29.8 Å². The van der Waals surface area contributed by atoms with Crippen LogP contribution in [0.4, 0.5) is 0 Å². The molecule has 0 N–H and O–H groups in total. The standard InChI is InChI=1S/C28H40O11S/c1-15(29)35-14-24(37-17(3)31)25(38-18(4)32)23-9-22(36-16(2)30)13-28(39-23,26(33)34-5)40-27-10-19-6-20(11-27)8-21(7-19)12-27/h19-25H,6-14H2,1-5H3/t19?,20?,21?,22-,23-,24-,25+,27?,28-/m1/s1. The van der Waals surface area contributed by atoms with Crippen LogP contribution in [0, 0.1) is 17.8 Å². The third-order valence-corrected chi connectivity index (χ3v) is 10.0. The van der Waals surface area contributed by atoms with Gasteiger partial charge in [-0.15, -0.1) is 11.8 Å². The summed E-state index contributed by atoms with van der Waals surface area (Å²) < 4.78 is 33.5. The lowest BCUT2D eigenvalue weighted by Gasteiger charge is -2.58. The zero-order valence-electron chi connectivity index (χ0n) is 23.8. The summed E-state index contributed by atoms with van der Waals surface area (Å²) in [5, 5.41) is 0. The molecule has 11 nitrogen and oxygen atoms in total. The molecule has 1 aliphatic heterocycles. The molecule has 1 saturated heterocycles. The first-order valence-corrected chi connectivity index (χ1v) is 14.7. The second-order valence-electron chi connectivity index (χ2n) is 11.8. The maximum absolute atomic E-state index is 13.6. The highest BCUT2D eigenvalue weighted by atomic mass is 32.2. The quantitative estimate of drug-likeness (QED) is 0.275. The normalized spacial score (nSPS) is 35.7. The first kappa shape index (κ1) is 30.6. The van der Waals surface area contributed by atoms with E-state index in [9.17, 15) is 24.0 Å². The Morgan fingerprint density at radius 2 is 1.38 bits per heavy atom. The van der Waals surface area contributed by atoms with Crippen LogP contribution in [0.25, 0.3) is 0 Å². The smallest absolute Gasteiger partial charge is 0.349 e. The fourth-order valence-electron chi connectivity index (χ4n) is 7.60. The Morgan fingerprint density at radius 1 is 0.800 bits per heavy atom. The van der Waals surface area contributed by atoms with Crippen molar-refractivity contribution in [2.45, 2.75) is 113 Å². The molecule has 224 valence electrons. The molecule has 0 amide bonds. The molecular formula is C28H40O11S. The summed E-state index contributed by atoms with van der Waals surface area (Å²) in [5.74, 6) is -1.37. The topological polar surface area (TPSA) is 141 Å². The van der Waals surface area contributed by atoms with Crippen molar-refractivity contribution in [3.63, 3.8) is 0 Å². The van der Waals surface area contributed by atoms with E-state index in [1.165, 1.54) is 65.8 Å². The van der Waals surface area contributed by atoms with Gasteiger partial charge in [-0.1, -0.05) is 0 Å². The highest BCUT2D eigenvalue weighted by Crippen LogP contribution is 2.64. The van der Waals surface area contributed by atoms with Crippen molar-refractivity contribution in [1.82, 2.24) is 0 Å². The lowest BCUT2D eigenvalue weighted by molar-refractivity contribution is -0.217. The van der Waals surface area contributed by atoms with E-state index in [2.05, 4.69) is 0 Å². The number of methoxy groups -OCH3 is 1. The van der Waals surface area contributed by atoms with Crippen LogP contribution in [0.5, 0.6) is 0 Å². The zero-order chi connectivity index (χ0) is 29.2. The van der Waals surface area contributed by atoms with E-state index >= 15 is 0 Å². The summed E-state index contributed by atoms with van der Waals surface area (Å²) in [7, 11) is 1.28. The second kappa shape index (κ2) is 12.3. The van der Waals surface area contributed by atoms with Gasteiger partial charge in [0.1, 0.15) is 18.8 Å². The molecule has 0 spiro atoms. The van der Waals surface area contributed by atoms with Crippen LogP contribution in [0.1, 0.15) is 79.1 Å². The van der Waals surface area contributed by atoms with Crippen LogP contribution < -0.4 is 0 Å².